The Kier molecular flexibility index (Phi) is 7.37. The first-order valence-electron chi connectivity index (χ1n) is 8.40. The highest BCUT2D eigenvalue weighted by molar-refractivity contribution is 5.93. The van der Waals surface area contributed by atoms with Gasteiger partial charge in [0, 0.05) is 6.54 Å². The van der Waals surface area contributed by atoms with Crippen molar-refractivity contribution in [3.8, 4) is 0 Å². The monoisotopic (exact) mass is 373 g/mol. The fourth-order valence-corrected chi connectivity index (χ4v) is 2.55. The zero-order chi connectivity index (χ0) is 20.1. The highest BCUT2D eigenvalue weighted by Crippen LogP contribution is 2.19. The molecule has 3 atom stereocenters. The van der Waals surface area contributed by atoms with Crippen molar-refractivity contribution < 1.29 is 34.1 Å². The Labute approximate surface area is 151 Å². The second kappa shape index (κ2) is 8.84. The smallest absolute Gasteiger partial charge is 0.408 e. The van der Waals surface area contributed by atoms with Crippen LogP contribution in [0.15, 0.2) is 0 Å². The maximum absolute atomic E-state index is 12.6. The Morgan fingerprint density at radius 1 is 1.23 bits per heavy atom. The van der Waals surface area contributed by atoms with Crippen LogP contribution in [0.2, 0.25) is 0 Å². The molecule has 0 aromatic rings. The van der Waals surface area contributed by atoms with Gasteiger partial charge in [-0.3, -0.25) is 9.59 Å². The summed E-state index contributed by atoms with van der Waals surface area (Å²) in [6.07, 6.45) is 0.193. The molecule has 1 fully saturated rings. The van der Waals surface area contributed by atoms with Crippen LogP contribution in [-0.2, 0) is 19.1 Å². The molecule has 0 aliphatic carbocycles. The summed E-state index contributed by atoms with van der Waals surface area (Å²) in [5, 5.41) is 22.5. The van der Waals surface area contributed by atoms with E-state index < -0.39 is 54.2 Å². The zero-order valence-corrected chi connectivity index (χ0v) is 15.4. The van der Waals surface area contributed by atoms with Crippen molar-refractivity contribution in [1.29, 1.82) is 0 Å². The molecule has 0 aromatic carbocycles. The lowest BCUT2D eigenvalue weighted by atomic mass is 10.1. The molecule has 10 nitrogen and oxygen atoms in total. The third-order valence-corrected chi connectivity index (χ3v) is 3.74. The molecular formula is C16H27N3O7. The van der Waals surface area contributed by atoms with Crippen molar-refractivity contribution in [3.63, 3.8) is 0 Å². The average molecular weight is 373 g/mol. The summed E-state index contributed by atoms with van der Waals surface area (Å²) >= 11 is 0. The van der Waals surface area contributed by atoms with Crippen molar-refractivity contribution >= 4 is 23.9 Å². The number of hydrogen-bond acceptors (Lipinski definition) is 6. The predicted molar refractivity (Wildman–Crippen MR) is 90.2 cm³/mol. The van der Waals surface area contributed by atoms with Crippen molar-refractivity contribution in [3.05, 3.63) is 0 Å². The summed E-state index contributed by atoms with van der Waals surface area (Å²) in [6, 6.07) is -3.19. The van der Waals surface area contributed by atoms with E-state index >= 15 is 0 Å². The lowest BCUT2D eigenvalue weighted by molar-refractivity contribution is -0.145. The van der Waals surface area contributed by atoms with Crippen molar-refractivity contribution in [2.45, 2.75) is 64.3 Å². The number of nitrogens with zero attached hydrogens (tertiary/aromatic N) is 1. The van der Waals surface area contributed by atoms with Gasteiger partial charge < -0.3 is 30.5 Å². The normalized spacial score (nSPS) is 19.4. The molecule has 0 bridgehead atoms. The van der Waals surface area contributed by atoms with Crippen LogP contribution < -0.4 is 10.6 Å². The predicted octanol–water partition coefficient (Wildman–Crippen LogP) is -0.548. The maximum Gasteiger partial charge on any atom is 0.408 e. The minimum Gasteiger partial charge on any atom is -0.480 e. The van der Waals surface area contributed by atoms with Gasteiger partial charge in [-0.05, 0) is 40.5 Å². The molecule has 4 N–H and O–H groups in total. The molecule has 0 spiro atoms. The summed E-state index contributed by atoms with van der Waals surface area (Å²) in [6.45, 7) is 6.12. The number of carbonyl (C=O) groups excluding carboxylic acids is 3. The summed E-state index contributed by atoms with van der Waals surface area (Å²) in [7, 11) is 0. The third kappa shape index (κ3) is 6.17. The summed E-state index contributed by atoms with van der Waals surface area (Å²) in [4.78, 5) is 48.8. The molecule has 0 unspecified atom stereocenters. The Morgan fingerprint density at radius 2 is 1.85 bits per heavy atom. The van der Waals surface area contributed by atoms with Crippen molar-refractivity contribution in [2.24, 2.45) is 0 Å². The number of likely N-dealkylation sites (tertiary alicyclic amines) is 1. The first kappa shape index (κ1) is 21.7. The van der Waals surface area contributed by atoms with E-state index in [0.717, 1.165) is 0 Å². The zero-order valence-electron chi connectivity index (χ0n) is 15.4. The first-order valence-corrected chi connectivity index (χ1v) is 8.40. The summed E-state index contributed by atoms with van der Waals surface area (Å²) in [5.74, 6) is -2.48. The second-order valence-electron chi connectivity index (χ2n) is 7.14. The van der Waals surface area contributed by atoms with Crippen LogP contribution >= 0.6 is 0 Å². The molecule has 1 rings (SSSR count). The molecule has 1 aliphatic rings. The number of aliphatic hydroxyl groups is 1. The quantitative estimate of drug-likeness (QED) is 0.489. The molecule has 1 saturated heterocycles. The fourth-order valence-electron chi connectivity index (χ4n) is 2.55. The van der Waals surface area contributed by atoms with E-state index in [0.29, 0.717) is 19.4 Å². The van der Waals surface area contributed by atoms with Crippen LogP contribution in [0.3, 0.4) is 0 Å². The number of nitrogens with one attached hydrogen (secondary N) is 2. The van der Waals surface area contributed by atoms with Crippen molar-refractivity contribution in [1.82, 2.24) is 15.5 Å². The van der Waals surface area contributed by atoms with Crippen LogP contribution in [0.25, 0.3) is 0 Å². The Balaban J connectivity index is 2.70. The lowest BCUT2D eigenvalue weighted by Gasteiger charge is -2.28. The Hall–Kier alpha value is -2.36. The molecule has 1 heterocycles. The fraction of sp³-hybridized carbons (Fsp3) is 0.750. The van der Waals surface area contributed by atoms with Crippen LogP contribution in [0, 0.1) is 0 Å². The van der Waals surface area contributed by atoms with Gasteiger partial charge in [0.05, 0.1) is 6.61 Å². The average Bonchev–Trinajstić information content (AvgIpc) is 2.98. The van der Waals surface area contributed by atoms with E-state index in [-0.39, 0.29) is 0 Å². The number of ether oxygens (including phenoxy) is 1. The SMILES string of the molecule is C[C@H](NC(=O)OC(C)(C)C)C(=O)N1CCC[C@H]1C(=O)N[C@@H](CO)C(=O)O. The topological polar surface area (TPSA) is 145 Å². The number of carboxylic acids is 1. The number of aliphatic carboxylic acids is 1. The van der Waals surface area contributed by atoms with Crippen molar-refractivity contribution in [2.75, 3.05) is 13.2 Å². The molecule has 0 radical (unpaired) electrons. The number of carbonyl (C=O) groups is 4. The largest absolute Gasteiger partial charge is 0.480 e. The number of amides is 3. The van der Waals surface area contributed by atoms with Crippen LogP contribution in [0.4, 0.5) is 4.79 Å². The Morgan fingerprint density at radius 3 is 2.35 bits per heavy atom. The van der Waals surface area contributed by atoms with Crippen LogP contribution in [-0.4, -0.2) is 75.9 Å². The number of hydrogen-bond donors (Lipinski definition) is 4. The second-order valence-corrected chi connectivity index (χ2v) is 7.14. The van der Waals surface area contributed by atoms with Gasteiger partial charge in [-0.2, -0.15) is 0 Å². The molecule has 0 aromatic heterocycles. The molecular weight excluding hydrogens is 346 g/mol. The summed E-state index contributed by atoms with van der Waals surface area (Å²) in [5.41, 5.74) is -0.709. The minimum atomic E-state index is -1.43. The van der Waals surface area contributed by atoms with Crippen LogP contribution in [0.1, 0.15) is 40.5 Å². The van der Waals surface area contributed by atoms with E-state index in [9.17, 15) is 19.2 Å². The van der Waals surface area contributed by atoms with Gasteiger partial charge in [-0.1, -0.05) is 0 Å². The van der Waals surface area contributed by atoms with Gasteiger partial charge in [-0.25, -0.2) is 9.59 Å². The molecule has 1 aliphatic heterocycles. The van der Waals surface area contributed by atoms with Gasteiger partial charge in [0.15, 0.2) is 0 Å². The van der Waals surface area contributed by atoms with E-state index in [2.05, 4.69) is 10.6 Å². The van der Waals surface area contributed by atoms with Gasteiger partial charge >= 0.3 is 12.1 Å². The highest BCUT2D eigenvalue weighted by Gasteiger charge is 2.37. The number of alkyl carbamates (subject to hydrolysis) is 1. The van der Waals surface area contributed by atoms with Gasteiger partial charge in [-0.15, -0.1) is 0 Å². The highest BCUT2D eigenvalue weighted by atomic mass is 16.6. The Bertz CT molecular complexity index is 559. The number of rotatable bonds is 6. The molecule has 3 amide bonds. The van der Waals surface area contributed by atoms with Gasteiger partial charge in [0.25, 0.3) is 0 Å². The standard InChI is InChI=1S/C16H27N3O7/c1-9(17-15(25)26-16(2,3)4)13(22)19-7-5-6-11(19)12(21)18-10(8-20)14(23)24/h9-11,20H,5-8H2,1-4H3,(H,17,25)(H,18,21)(H,23,24)/t9-,10-,11-/m0/s1. The maximum atomic E-state index is 12.6. The molecule has 10 heteroatoms. The van der Waals surface area contributed by atoms with Gasteiger partial charge in [0.2, 0.25) is 11.8 Å². The summed E-state index contributed by atoms with van der Waals surface area (Å²) < 4.78 is 5.10. The van der Waals surface area contributed by atoms with E-state index in [1.54, 1.807) is 20.8 Å². The van der Waals surface area contributed by atoms with E-state index in [4.69, 9.17) is 14.9 Å². The van der Waals surface area contributed by atoms with E-state index in [1.165, 1.54) is 11.8 Å². The lowest BCUT2D eigenvalue weighted by Crippen LogP contribution is -2.55. The number of aliphatic hydroxyl groups excluding tert-OH is 1. The molecule has 26 heavy (non-hydrogen) atoms. The first-order chi connectivity index (χ1) is 12.0. The molecule has 0 saturated carbocycles. The molecule has 148 valence electrons. The van der Waals surface area contributed by atoms with E-state index in [1.807, 2.05) is 0 Å². The number of carboxylic acid groups (broad SMARTS) is 1. The minimum absolute atomic E-state index is 0.314. The third-order valence-electron chi connectivity index (χ3n) is 3.74. The van der Waals surface area contributed by atoms with Gasteiger partial charge in [0.1, 0.15) is 23.7 Å². The van der Waals surface area contributed by atoms with Crippen LogP contribution in [0.5, 0.6) is 0 Å².